The minimum Gasteiger partial charge on any atom is -0.351 e. The van der Waals surface area contributed by atoms with Gasteiger partial charge in [0.1, 0.15) is 4.21 Å². The molecule has 1 amide bonds. The van der Waals surface area contributed by atoms with E-state index in [1.807, 2.05) is 27.7 Å². The first-order valence-electron chi connectivity index (χ1n) is 6.08. The van der Waals surface area contributed by atoms with Gasteiger partial charge >= 0.3 is 0 Å². The average Bonchev–Trinajstić information content (AvgIpc) is 2.57. The number of nitrogens with one attached hydrogen (secondary N) is 2. The zero-order chi connectivity index (χ0) is 15.6. The summed E-state index contributed by atoms with van der Waals surface area (Å²) in [6.45, 7) is 7.54. The maximum absolute atomic E-state index is 12.0. The number of sulfonamides is 1. The van der Waals surface area contributed by atoms with E-state index >= 15 is 0 Å². The minimum atomic E-state index is -3.54. The van der Waals surface area contributed by atoms with E-state index in [9.17, 15) is 13.2 Å². The van der Waals surface area contributed by atoms with Gasteiger partial charge in [-0.3, -0.25) is 4.79 Å². The SMILES string of the molecule is Cc1cc(S(=O)(=O)NCCC(=O)NC(C)(C)C)sc1Br. The third-order valence-corrected chi connectivity index (χ3v) is 6.33. The van der Waals surface area contributed by atoms with Crippen LogP contribution in [0.1, 0.15) is 32.8 Å². The fraction of sp³-hybridized carbons (Fsp3) is 0.583. The lowest BCUT2D eigenvalue weighted by Crippen LogP contribution is -2.41. The fourth-order valence-corrected chi connectivity index (χ4v) is 4.72. The quantitative estimate of drug-likeness (QED) is 0.820. The molecule has 1 aromatic heterocycles. The van der Waals surface area contributed by atoms with Crippen molar-refractivity contribution in [1.29, 1.82) is 0 Å². The molecule has 0 aliphatic carbocycles. The van der Waals surface area contributed by atoms with Gasteiger partial charge in [0.25, 0.3) is 0 Å². The molecule has 0 aliphatic rings. The van der Waals surface area contributed by atoms with E-state index in [-0.39, 0.29) is 28.6 Å². The minimum absolute atomic E-state index is 0.0822. The summed E-state index contributed by atoms with van der Waals surface area (Å²) in [4.78, 5) is 11.6. The van der Waals surface area contributed by atoms with E-state index in [4.69, 9.17) is 0 Å². The Balaban J connectivity index is 2.55. The lowest BCUT2D eigenvalue weighted by atomic mass is 10.1. The molecule has 1 aromatic rings. The van der Waals surface area contributed by atoms with Crippen LogP contribution in [-0.2, 0) is 14.8 Å². The van der Waals surface area contributed by atoms with Gasteiger partial charge in [-0.1, -0.05) is 0 Å². The third-order valence-electron chi connectivity index (χ3n) is 2.26. The van der Waals surface area contributed by atoms with Crippen molar-refractivity contribution in [2.45, 2.75) is 43.9 Å². The topological polar surface area (TPSA) is 75.3 Å². The lowest BCUT2D eigenvalue weighted by molar-refractivity contribution is -0.122. The Bertz CT molecular complexity index is 569. The van der Waals surface area contributed by atoms with Crippen LogP contribution in [0.3, 0.4) is 0 Å². The van der Waals surface area contributed by atoms with Gasteiger partial charge in [-0.15, -0.1) is 11.3 Å². The number of amides is 1. The molecule has 0 radical (unpaired) electrons. The summed E-state index contributed by atoms with van der Waals surface area (Å²) >= 11 is 4.45. The smallest absolute Gasteiger partial charge is 0.250 e. The van der Waals surface area contributed by atoms with Gasteiger partial charge in [0.05, 0.1) is 3.79 Å². The Morgan fingerprint density at radius 2 is 2.00 bits per heavy atom. The second-order valence-electron chi connectivity index (χ2n) is 5.47. The van der Waals surface area contributed by atoms with Gasteiger partial charge in [-0.2, -0.15) is 0 Å². The van der Waals surface area contributed by atoms with Crippen LogP contribution in [0.2, 0.25) is 0 Å². The Hall–Kier alpha value is -0.440. The number of aryl methyl sites for hydroxylation is 1. The summed E-state index contributed by atoms with van der Waals surface area (Å²) in [5.41, 5.74) is 0.562. The molecule has 0 spiro atoms. The number of carbonyl (C=O) groups excluding carboxylic acids is 1. The number of carbonyl (C=O) groups is 1. The maximum Gasteiger partial charge on any atom is 0.250 e. The van der Waals surface area contributed by atoms with Crippen molar-refractivity contribution in [2.24, 2.45) is 0 Å². The van der Waals surface area contributed by atoms with Gasteiger partial charge in [0.2, 0.25) is 15.9 Å². The number of halogens is 1. The number of rotatable bonds is 5. The highest BCUT2D eigenvalue weighted by Gasteiger charge is 2.19. The Kier molecular flexibility index (Phi) is 5.77. The van der Waals surface area contributed by atoms with E-state index in [1.165, 1.54) is 0 Å². The summed E-state index contributed by atoms with van der Waals surface area (Å²) in [5, 5.41) is 2.78. The molecule has 5 nitrogen and oxygen atoms in total. The van der Waals surface area contributed by atoms with Crippen molar-refractivity contribution in [2.75, 3.05) is 6.54 Å². The second-order valence-corrected chi connectivity index (χ2v) is 9.83. The molecule has 0 saturated heterocycles. The first-order valence-corrected chi connectivity index (χ1v) is 9.17. The molecule has 0 fully saturated rings. The molecule has 0 bridgehead atoms. The van der Waals surface area contributed by atoms with Crippen molar-refractivity contribution >= 4 is 43.2 Å². The summed E-state index contributed by atoms with van der Waals surface area (Å²) in [5.74, 6) is -0.177. The van der Waals surface area contributed by atoms with Gasteiger partial charge in [-0.05, 0) is 55.3 Å². The molecule has 1 rings (SSSR count). The van der Waals surface area contributed by atoms with Gasteiger partial charge in [0.15, 0.2) is 0 Å². The standard InChI is InChI=1S/C12H19BrN2O3S2/c1-8-7-10(19-11(8)13)20(17,18)14-6-5-9(16)15-12(2,3)4/h7,14H,5-6H2,1-4H3,(H,15,16). The Morgan fingerprint density at radius 1 is 1.40 bits per heavy atom. The molecule has 20 heavy (non-hydrogen) atoms. The molecule has 0 saturated carbocycles. The van der Waals surface area contributed by atoms with Crippen LogP contribution in [0, 0.1) is 6.92 Å². The van der Waals surface area contributed by atoms with Crippen molar-refractivity contribution in [3.05, 3.63) is 15.4 Å². The number of thiophene rings is 1. The molecule has 114 valence electrons. The maximum atomic E-state index is 12.0. The summed E-state index contributed by atoms with van der Waals surface area (Å²) in [6.07, 6.45) is 0.113. The van der Waals surface area contributed by atoms with Crippen LogP contribution < -0.4 is 10.0 Å². The van der Waals surface area contributed by atoms with Crippen LogP contribution in [0.15, 0.2) is 14.1 Å². The molecule has 0 atom stereocenters. The summed E-state index contributed by atoms with van der Waals surface area (Å²) < 4.78 is 27.5. The molecule has 8 heteroatoms. The van der Waals surface area contributed by atoms with Gasteiger partial charge in [-0.25, -0.2) is 13.1 Å². The van der Waals surface area contributed by atoms with E-state index < -0.39 is 10.0 Å². The zero-order valence-electron chi connectivity index (χ0n) is 11.9. The molecule has 0 aromatic carbocycles. The lowest BCUT2D eigenvalue weighted by Gasteiger charge is -2.20. The van der Waals surface area contributed by atoms with Crippen molar-refractivity contribution < 1.29 is 13.2 Å². The number of hydrogen-bond acceptors (Lipinski definition) is 4. The van der Waals surface area contributed by atoms with Gasteiger partial charge in [0, 0.05) is 18.5 Å². The largest absolute Gasteiger partial charge is 0.351 e. The predicted molar refractivity (Wildman–Crippen MR) is 84.5 cm³/mol. The van der Waals surface area contributed by atoms with Crippen LogP contribution >= 0.6 is 27.3 Å². The zero-order valence-corrected chi connectivity index (χ0v) is 15.1. The van der Waals surface area contributed by atoms with Crippen LogP contribution in [0.4, 0.5) is 0 Å². The first kappa shape index (κ1) is 17.6. The molecular formula is C12H19BrN2O3S2. The van der Waals surface area contributed by atoms with Crippen LogP contribution in [-0.4, -0.2) is 26.4 Å². The van der Waals surface area contributed by atoms with Crippen molar-refractivity contribution in [3.63, 3.8) is 0 Å². The van der Waals surface area contributed by atoms with Crippen molar-refractivity contribution in [3.8, 4) is 0 Å². The normalized spacial score (nSPS) is 12.4. The monoisotopic (exact) mass is 382 g/mol. The average molecular weight is 383 g/mol. The Morgan fingerprint density at radius 3 is 2.45 bits per heavy atom. The molecule has 1 heterocycles. The van der Waals surface area contributed by atoms with E-state index in [0.717, 1.165) is 20.7 Å². The van der Waals surface area contributed by atoms with Crippen LogP contribution in [0.25, 0.3) is 0 Å². The molecule has 0 aliphatic heterocycles. The highest BCUT2D eigenvalue weighted by molar-refractivity contribution is 9.11. The summed E-state index contributed by atoms with van der Waals surface area (Å²) in [7, 11) is -3.54. The summed E-state index contributed by atoms with van der Waals surface area (Å²) in [6, 6.07) is 1.60. The van der Waals surface area contributed by atoms with Crippen LogP contribution in [0.5, 0.6) is 0 Å². The molecule has 2 N–H and O–H groups in total. The Labute approximate surface area is 132 Å². The molecular weight excluding hydrogens is 364 g/mol. The van der Waals surface area contributed by atoms with Crippen molar-refractivity contribution in [1.82, 2.24) is 10.0 Å². The highest BCUT2D eigenvalue weighted by Crippen LogP contribution is 2.30. The van der Waals surface area contributed by atoms with Gasteiger partial charge < -0.3 is 5.32 Å². The van der Waals surface area contributed by atoms with E-state index in [0.29, 0.717) is 0 Å². The fourth-order valence-electron chi connectivity index (χ4n) is 1.42. The first-order chi connectivity index (χ1) is 9.01. The predicted octanol–water partition coefficient (Wildman–Crippen LogP) is 2.40. The number of hydrogen-bond donors (Lipinski definition) is 2. The highest BCUT2D eigenvalue weighted by atomic mass is 79.9. The molecule has 0 unspecified atom stereocenters. The van der Waals surface area contributed by atoms with E-state index in [1.54, 1.807) is 6.07 Å². The second kappa shape index (κ2) is 6.55. The van der Waals surface area contributed by atoms with E-state index in [2.05, 4.69) is 26.0 Å². The third kappa shape index (κ3) is 5.51.